The van der Waals surface area contributed by atoms with Gasteiger partial charge in [0.15, 0.2) is 11.3 Å². The fraction of sp³-hybridized carbons (Fsp3) is 0.200. The molecule has 0 spiro atoms. The van der Waals surface area contributed by atoms with Crippen molar-refractivity contribution < 1.29 is 9.53 Å². The van der Waals surface area contributed by atoms with E-state index in [0.717, 1.165) is 5.56 Å². The van der Waals surface area contributed by atoms with Gasteiger partial charge in [0.2, 0.25) is 0 Å². The smallest absolute Gasteiger partial charge is 0.359 e. The second-order valence-electron chi connectivity index (χ2n) is 4.46. The molecule has 0 fully saturated rings. The quantitative estimate of drug-likeness (QED) is 0.685. The molecule has 0 saturated heterocycles. The molecule has 0 aliphatic rings. The standard InChI is InChI=1S/C15H14N4O2/c1-2-21-15(20)13-12-4-3-7-17-14(12)19(18-13)10-11-5-8-16-9-6-11/h3-9H,2,10H2,1H3. The van der Waals surface area contributed by atoms with Crippen molar-refractivity contribution in [3.63, 3.8) is 0 Å². The summed E-state index contributed by atoms with van der Waals surface area (Å²) >= 11 is 0. The first kappa shape index (κ1) is 13.2. The van der Waals surface area contributed by atoms with Crippen LogP contribution in [0, 0.1) is 0 Å². The van der Waals surface area contributed by atoms with Crippen molar-refractivity contribution in [2.45, 2.75) is 13.5 Å². The highest BCUT2D eigenvalue weighted by atomic mass is 16.5. The first-order chi connectivity index (χ1) is 10.3. The average molecular weight is 282 g/mol. The summed E-state index contributed by atoms with van der Waals surface area (Å²) in [5.74, 6) is -0.427. The van der Waals surface area contributed by atoms with Gasteiger partial charge < -0.3 is 4.74 Å². The van der Waals surface area contributed by atoms with Gasteiger partial charge in [0.1, 0.15) is 0 Å². The van der Waals surface area contributed by atoms with Crippen LogP contribution < -0.4 is 0 Å². The molecule has 0 aliphatic heterocycles. The van der Waals surface area contributed by atoms with Gasteiger partial charge in [-0.15, -0.1) is 0 Å². The van der Waals surface area contributed by atoms with Gasteiger partial charge in [0, 0.05) is 18.6 Å². The molecule has 3 rings (SSSR count). The zero-order valence-electron chi connectivity index (χ0n) is 11.6. The minimum Gasteiger partial charge on any atom is -0.461 e. The molecule has 0 N–H and O–H groups in total. The van der Waals surface area contributed by atoms with Crippen LogP contribution in [0.15, 0.2) is 42.9 Å². The Hall–Kier alpha value is -2.76. The topological polar surface area (TPSA) is 69.9 Å². The number of esters is 1. The van der Waals surface area contributed by atoms with Crippen LogP contribution in [0.1, 0.15) is 23.0 Å². The van der Waals surface area contributed by atoms with Crippen LogP contribution in [0.5, 0.6) is 0 Å². The van der Waals surface area contributed by atoms with Crippen LogP contribution in [0.4, 0.5) is 0 Å². The van der Waals surface area contributed by atoms with Crippen LogP contribution in [0.2, 0.25) is 0 Å². The molecule has 3 aromatic rings. The van der Waals surface area contributed by atoms with Crippen molar-refractivity contribution >= 4 is 17.0 Å². The molecule has 0 aromatic carbocycles. The van der Waals surface area contributed by atoms with Gasteiger partial charge in [-0.3, -0.25) is 4.98 Å². The molecular weight excluding hydrogens is 268 g/mol. The largest absolute Gasteiger partial charge is 0.461 e. The summed E-state index contributed by atoms with van der Waals surface area (Å²) in [5.41, 5.74) is 2.00. The highest BCUT2D eigenvalue weighted by Crippen LogP contribution is 2.18. The number of rotatable bonds is 4. The van der Waals surface area contributed by atoms with Gasteiger partial charge in [-0.1, -0.05) is 0 Å². The van der Waals surface area contributed by atoms with Crippen LogP contribution in [-0.2, 0) is 11.3 Å². The summed E-state index contributed by atoms with van der Waals surface area (Å²) in [6.45, 7) is 2.61. The summed E-state index contributed by atoms with van der Waals surface area (Å²) in [5, 5.41) is 5.06. The molecule has 0 unspecified atom stereocenters. The van der Waals surface area contributed by atoms with Gasteiger partial charge in [-0.05, 0) is 36.8 Å². The molecule has 0 radical (unpaired) electrons. The fourth-order valence-electron chi connectivity index (χ4n) is 2.13. The first-order valence-electron chi connectivity index (χ1n) is 6.67. The van der Waals surface area contributed by atoms with Crippen molar-refractivity contribution in [2.75, 3.05) is 6.61 Å². The number of pyridine rings is 2. The lowest BCUT2D eigenvalue weighted by atomic mass is 10.2. The number of fused-ring (bicyclic) bond motifs is 1. The molecule has 0 aliphatic carbocycles. The lowest BCUT2D eigenvalue weighted by Crippen LogP contribution is -2.08. The van der Waals surface area contributed by atoms with E-state index in [2.05, 4.69) is 15.1 Å². The van der Waals surface area contributed by atoms with Gasteiger partial charge in [-0.2, -0.15) is 5.10 Å². The molecule has 0 saturated carbocycles. The predicted octanol–water partition coefficient (Wildman–Crippen LogP) is 2.05. The summed E-state index contributed by atoms with van der Waals surface area (Å²) in [4.78, 5) is 20.3. The van der Waals surface area contributed by atoms with Crippen LogP contribution in [-0.4, -0.2) is 32.3 Å². The Kier molecular flexibility index (Phi) is 3.59. The SMILES string of the molecule is CCOC(=O)c1nn(Cc2ccncc2)c2ncccc12. The van der Waals surface area contributed by atoms with E-state index in [4.69, 9.17) is 4.74 Å². The normalized spacial score (nSPS) is 10.7. The summed E-state index contributed by atoms with van der Waals surface area (Å²) in [7, 11) is 0. The highest BCUT2D eigenvalue weighted by Gasteiger charge is 2.18. The maximum Gasteiger partial charge on any atom is 0.359 e. The number of carbonyl (C=O) groups excluding carboxylic acids is 1. The Bertz CT molecular complexity index is 768. The third-order valence-corrected chi connectivity index (χ3v) is 3.06. The van der Waals surface area contributed by atoms with Crippen LogP contribution in [0.25, 0.3) is 11.0 Å². The van der Waals surface area contributed by atoms with Gasteiger partial charge in [-0.25, -0.2) is 14.5 Å². The molecule has 6 nitrogen and oxygen atoms in total. The lowest BCUT2D eigenvalue weighted by Gasteiger charge is -2.02. The second kappa shape index (κ2) is 5.70. The number of hydrogen-bond acceptors (Lipinski definition) is 5. The van der Waals surface area contributed by atoms with Crippen molar-refractivity contribution in [2.24, 2.45) is 0 Å². The molecule has 0 amide bonds. The average Bonchev–Trinajstić information content (AvgIpc) is 2.88. The summed E-state index contributed by atoms with van der Waals surface area (Å²) < 4.78 is 6.75. The monoisotopic (exact) mass is 282 g/mol. The number of hydrogen-bond donors (Lipinski definition) is 0. The van der Waals surface area contributed by atoms with Crippen molar-refractivity contribution in [1.29, 1.82) is 0 Å². The van der Waals surface area contributed by atoms with Crippen LogP contribution in [0.3, 0.4) is 0 Å². The lowest BCUT2D eigenvalue weighted by molar-refractivity contribution is 0.0520. The molecule has 106 valence electrons. The van der Waals surface area contributed by atoms with E-state index in [1.54, 1.807) is 36.3 Å². The Balaban J connectivity index is 2.05. The maximum absolute atomic E-state index is 12.0. The Morgan fingerprint density at radius 1 is 1.24 bits per heavy atom. The van der Waals surface area contributed by atoms with Crippen molar-refractivity contribution in [3.8, 4) is 0 Å². The van der Waals surface area contributed by atoms with Crippen LogP contribution >= 0.6 is 0 Å². The van der Waals surface area contributed by atoms with E-state index >= 15 is 0 Å². The first-order valence-corrected chi connectivity index (χ1v) is 6.67. The van der Waals surface area contributed by atoms with Crippen molar-refractivity contribution in [3.05, 3.63) is 54.1 Å². The predicted molar refractivity (Wildman–Crippen MR) is 76.8 cm³/mol. The minimum absolute atomic E-state index is 0.300. The van der Waals surface area contributed by atoms with Gasteiger partial charge >= 0.3 is 5.97 Å². The molecule has 21 heavy (non-hydrogen) atoms. The Morgan fingerprint density at radius 3 is 2.81 bits per heavy atom. The molecule has 3 aromatic heterocycles. The number of nitrogens with zero attached hydrogens (tertiary/aromatic N) is 4. The van der Waals surface area contributed by atoms with Gasteiger partial charge in [0.25, 0.3) is 0 Å². The zero-order chi connectivity index (χ0) is 14.7. The number of carbonyl (C=O) groups is 1. The third kappa shape index (κ3) is 2.60. The molecule has 0 atom stereocenters. The summed E-state index contributed by atoms with van der Waals surface area (Å²) in [6, 6.07) is 7.41. The zero-order valence-corrected chi connectivity index (χ0v) is 11.6. The fourth-order valence-corrected chi connectivity index (χ4v) is 2.13. The molecular formula is C15H14N4O2. The van der Waals surface area contributed by atoms with E-state index in [0.29, 0.717) is 29.9 Å². The molecule has 6 heteroatoms. The highest BCUT2D eigenvalue weighted by molar-refractivity contribution is 6.01. The third-order valence-electron chi connectivity index (χ3n) is 3.06. The van der Waals surface area contributed by atoms with Gasteiger partial charge in [0.05, 0.1) is 18.5 Å². The van der Waals surface area contributed by atoms with E-state index < -0.39 is 5.97 Å². The minimum atomic E-state index is -0.427. The van der Waals surface area contributed by atoms with E-state index in [9.17, 15) is 4.79 Å². The number of aromatic nitrogens is 4. The molecule has 3 heterocycles. The maximum atomic E-state index is 12.0. The number of ether oxygens (including phenoxy) is 1. The van der Waals surface area contributed by atoms with E-state index in [1.807, 2.05) is 18.2 Å². The van der Waals surface area contributed by atoms with E-state index in [1.165, 1.54) is 0 Å². The summed E-state index contributed by atoms with van der Waals surface area (Å²) in [6.07, 6.45) is 5.13. The Labute approximate surface area is 121 Å². The second-order valence-corrected chi connectivity index (χ2v) is 4.46. The van der Waals surface area contributed by atoms with Crippen molar-refractivity contribution in [1.82, 2.24) is 19.7 Å². The Morgan fingerprint density at radius 2 is 2.05 bits per heavy atom. The van der Waals surface area contributed by atoms with E-state index in [-0.39, 0.29) is 0 Å². The molecule has 0 bridgehead atoms.